The zero-order chi connectivity index (χ0) is 15.6. The van der Waals surface area contributed by atoms with E-state index in [4.69, 9.17) is 11.6 Å². The van der Waals surface area contributed by atoms with Gasteiger partial charge in [-0.25, -0.2) is 22.0 Å². The van der Waals surface area contributed by atoms with E-state index < -0.39 is 34.5 Å². The van der Waals surface area contributed by atoms with Crippen LogP contribution in [0.4, 0.5) is 22.0 Å². The zero-order valence-electron chi connectivity index (χ0n) is 10.3. The predicted molar refractivity (Wildman–Crippen MR) is 69.1 cm³/mol. The van der Waals surface area contributed by atoms with Crippen molar-refractivity contribution in [1.82, 2.24) is 5.43 Å². The molecule has 0 saturated heterocycles. The highest BCUT2D eigenvalue weighted by Gasteiger charge is 2.52. The molecule has 2 rings (SSSR count). The largest absolute Gasteiger partial charge is 0.275 e. The van der Waals surface area contributed by atoms with E-state index in [9.17, 15) is 22.0 Å². The van der Waals surface area contributed by atoms with Gasteiger partial charge in [0.05, 0.1) is 6.21 Å². The highest BCUT2D eigenvalue weighted by Crippen LogP contribution is 2.45. The van der Waals surface area contributed by atoms with Gasteiger partial charge in [0.1, 0.15) is 5.70 Å². The third-order valence-corrected chi connectivity index (χ3v) is 3.03. The fraction of sp³-hybridized carbons (Fsp3) is 0.154. The highest BCUT2D eigenvalue weighted by molar-refractivity contribution is 6.25. The summed E-state index contributed by atoms with van der Waals surface area (Å²) in [5.74, 6) is -6.11. The summed E-state index contributed by atoms with van der Waals surface area (Å²) in [5, 5.41) is -0.463. The van der Waals surface area contributed by atoms with Gasteiger partial charge in [0, 0.05) is 0 Å². The number of benzene rings is 1. The standard InChI is InChI=1S/C13H8ClF5N2/c14-13(19)11(17)8(15)10(9(16)12(13)18)21-20-6-7-4-2-1-3-5-7/h1-6,11,21H. The minimum absolute atomic E-state index is 0.570. The first-order chi connectivity index (χ1) is 9.85. The Balaban J connectivity index is 2.24. The van der Waals surface area contributed by atoms with E-state index in [1.807, 2.05) is 0 Å². The van der Waals surface area contributed by atoms with Gasteiger partial charge in [-0.1, -0.05) is 41.9 Å². The number of nitrogens with one attached hydrogen (secondary N) is 1. The first-order valence-electron chi connectivity index (χ1n) is 5.67. The monoisotopic (exact) mass is 322 g/mol. The van der Waals surface area contributed by atoms with Crippen LogP contribution in [0.2, 0.25) is 0 Å². The van der Waals surface area contributed by atoms with Crippen LogP contribution in [-0.2, 0) is 0 Å². The van der Waals surface area contributed by atoms with Crippen LogP contribution in [0.5, 0.6) is 0 Å². The maximum Gasteiger partial charge on any atom is 0.275 e. The molecule has 1 aromatic rings. The van der Waals surface area contributed by atoms with Crippen molar-refractivity contribution < 1.29 is 22.0 Å². The minimum Gasteiger partial charge on any atom is -0.273 e. The molecule has 1 aromatic carbocycles. The van der Waals surface area contributed by atoms with Crippen molar-refractivity contribution in [3.63, 3.8) is 0 Å². The molecule has 1 aliphatic carbocycles. The van der Waals surface area contributed by atoms with Gasteiger partial charge < -0.3 is 0 Å². The Kier molecular flexibility index (Phi) is 4.32. The molecule has 2 unspecified atom stereocenters. The van der Waals surface area contributed by atoms with Crippen LogP contribution in [0.1, 0.15) is 5.56 Å². The van der Waals surface area contributed by atoms with Crippen molar-refractivity contribution >= 4 is 17.8 Å². The lowest BCUT2D eigenvalue weighted by Gasteiger charge is -2.25. The van der Waals surface area contributed by atoms with Crippen molar-refractivity contribution in [2.75, 3.05) is 0 Å². The third kappa shape index (κ3) is 2.92. The molecule has 0 radical (unpaired) electrons. The Hall–Kier alpha value is -1.89. The lowest BCUT2D eigenvalue weighted by atomic mass is 10.0. The summed E-state index contributed by atoms with van der Waals surface area (Å²) in [6.07, 6.45) is -2.01. The number of halogens is 6. The van der Waals surface area contributed by atoms with Gasteiger partial charge in [0.15, 0.2) is 17.5 Å². The molecule has 112 valence electrons. The smallest absolute Gasteiger partial charge is 0.273 e. The van der Waals surface area contributed by atoms with Crippen LogP contribution < -0.4 is 5.43 Å². The normalized spacial score (nSPS) is 26.7. The van der Waals surface area contributed by atoms with E-state index in [0.717, 1.165) is 6.21 Å². The highest BCUT2D eigenvalue weighted by atomic mass is 35.5. The van der Waals surface area contributed by atoms with Crippen molar-refractivity contribution in [2.24, 2.45) is 5.10 Å². The van der Waals surface area contributed by atoms with Crippen molar-refractivity contribution in [3.05, 3.63) is 59.1 Å². The fourth-order valence-electron chi connectivity index (χ4n) is 1.57. The Labute approximate surface area is 121 Å². The van der Waals surface area contributed by atoms with Crippen LogP contribution >= 0.6 is 11.6 Å². The second-order valence-corrected chi connectivity index (χ2v) is 4.67. The Morgan fingerprint density at radius 2 is 1.81 bits per heavy atom. The average Bonchev–Trinajstić information content (AvgIpc) is 2.48. The molecule has 2 atom stereocenters. The van der Waals surface area contributed by atoms with Crippen LogP contribution in [0.3, 0.4) is 0 Å². The van der Waals surface area contributed by atoms with Gasteiger partial charge in [-0.05, 0) is 5.56 Å². The average molecular weight is 323 g/mol. The number of alkyl halides is 3. The van der Waals surface area contributed by atoms with E-state index in [-0.39, 0.29) is 0 Å². The van der Waals surface area contributed by atoms with Gasteiger partial charge in [-0.15, -0.1) is 0 Å². The lowest BCUT2D eigenvalue weighted by Crippen LogP contribution is -2.36. The fourth-order valence-corrected chi connectivity index (χ4v) is 1.75. The molecule has 0 saturated carbocycles. The molecule has 1 N–H and O–H groups in total. The molecule has 2 nitrogen and oxygen atoms in total. The number of nitrogens with zero attached hydrogens (tertiary/aromatic N) is 1. The van der Waals surface area contributed by atoms with Crippen LogP contribution in [-0.4, -0.2) is 17.5 Å². The molecule has 0 amide bonds. The quantitative estimate of drug-likeness (QED) is 0.383. The van der Waals surface area contributed by atoms with Crippen molar-refractivity contribution in [1.29, 1.82) is 0 Å². The van der Waals surface area contributed by atoms with E-state index in [1.54, 1.807) is 35.8 Å². The lowest BCUT2D eigenvalue weighted by molar-refractivity contribution is 0.129. The minimum atomic E-state index is -3.90. The summed E-state index contributed by atoms with van der Waals surface area (Å²) < 4.78 is 66.8. The van der Waals surface area contributed by atoms with Crippen LogP contribution in [0.25, 0.3) is 0 Å². The van der Waals surface area contributed by atoms with Gasteiger partial charge in [-0.2, -0.15) is 5.10 Å². The summed E-state index contributed by atoms with van der Waals surface area (Å²) in [7, 11) is 0. The molecule has 8 heteroatoms. The molecule has 0 spiro atoms. The molecule has 1 aliphatic rings. The summed E-state index contributed by atoms with van der Waals surface area (Å²) in [6.45, 7) is 0. The first kappa shape index (κ1) is 15.5. The van der Waals surface area contributed by atoms with Gasteiger partial charge in [0.25, 0.3) is 5.13 Å². The second kappa shape index (κ2) is 5.85. The zero-order valence-corrected chi connectivity index (χ0v) is 11.0. The molecule has 0 aromatic heterocycles. The number of hydrazone groups is 1. The molecule has 0 heterocycles. The molecule has 0 bridgehead atoms. The number of hydrogen-bond acceptors (Lipinski definition) is 2. The SMILES string of the molecule is FC1=C(F)C(F)(Cl)C(F)C(F)=C1NN=Cc1ccccc1. The molecule has 0 aliphatic heterocycles. The molecule has 21 heavy (non-hydrogen) atoms. The maximum atomic E-state index is 13.5. The van der Waals surface area contributed by atoms with Crippen LogP contribution in [0, 0.1) is 0 Å². The Morgan fingerprint density at radius 3 is 2.43 bits per heavy atom. The Bertz CT molecular complexity index is 625. The van der Waals surface area contributed by atoms with Crippen LogP contribution in [0.15, 0.2) is 58.6 Å². The van der Waals surface area contributed by atoms with Crippen molar-refractivity contribution in [3.8, 4) is 0 Å². The molecule has 0 fully saturated rings. The van der Waals surface area contributed by atoms with Crippen molar-refractivity contribution in [2.45, 2.75) is 11.3 Å². The first-order valence-corrected chi connectivity index (χ1v) is 6.05. The summed E-state index contributed by atoms with van der Waals surface area (Å²) in [4.78, 5) is 0. The summed E-state index contributed by atoms with van der Waals surface area (Å²) >= 11 is 4.80. The maximum absolute atomic E-state index is 13.5. The number of allylic oxidation sites excluding steroid dienone is 3. The van der Waals surface area contributed by atoms with E-state index in [2.05, 4.69) is 5.10 Å². The topological polar surface area (TPSA) is 24.4 Å². The summed E-state index contributed by atoms with van der Waals surface area (Å²) in [6, 6.07) is 8.37. The molecular weight excluding hydrogens is 315 g/mol. The third-order valence-electron chi connectivity index (χ3n) is 2.67. The van der Waals surface area contributed by atoms with E-state index in [1.165, 1.54) is 0 Å². The van der Waals surface area contributed by atoms with Gasteiger partial charge in [-0.3, -0.25) is 5.43 Å². The predicted octanol–water partition coefficient (Wildman–Crippen LogP) is 4.20. The second-order valence-electron chi connectivity index (χ2n) is 4.12. The van der Waals surface area contributed by atoms with Gasteiger partial charge >= 0.3 is 0 Å². The van der Waals surface area contributed by atoms with E-state index >= 15 is 0 Å². The summed E-state index contributed by atoms with van der Waals surface area (Å²) in [5.41, 5.74) is 1.14. The molecular formula is C13H8ClF5N2. The Morgan fingerprint density at radius 1 is 1.19 bits per heavy atom. The van der Waals surface area contributed by atoms with E-state index in [0.29, 0.717) is 5.56 Å². The number of rotatable bonds is 3. The van der Waals surface area contributed by atoms with Gasteiger partial charge in [0.2, 0.25) is 6.17 Å². The number of hydrogen-bond donors (Lipinski definition) is 1.